The van der Waals surface area contributed by atoms with Crippen LogP contribution in [0.5, 0.6) is 5.75 Å². The highest BCUT2D eigenvalue weighted by Gasteiger charge is 2.20. The highest BCUT2D eigenvalue weighted by atomic mass is 16.3. The molecule has 21 heavy (non-hydrogen) atoms. The molecule has 1 aliphatic carbocycles. The number of aromatic hydroxyl groups is 1. The van der Waals surface area contributed by atoms with Crippen LogP contribution in [0.4, 0.5) is 0 Å². The van der Waals surface area contributed by atoms with Gasteiger partial charge in [-0.1, -0.05) is 25.0 Å². The fourth-order valence-corrected chi connectivity index (χ4v) is 2.88. The molecule has 1 fully saturated rings. The van der Waals surface area contributed by atoms with Gasteiger partial charge in [0.15, 0.2) is 0 Å². The lowest BCUT2D eigenvalue weighted by Gasteiger charge is -2.26. The molecule has 0 saturated heterocycles. The van der Waals surface area contributed by atoms with Crippen LogP contribution >= 0.6 is 0 Å². The fraction of sp³-hybridized carbons (Fsp3) is 0.588. The lowest BCUT2D eigenvalue weighted by molar-refractivity contribution is -0.129. The standard InChI is InChI=1S/C17H26N2O2/c1-18(15-5-3-4-6-15)11-12-19(2)17(21)13-14-7-9-16(20)10-8-14/h7-10,15,20H,3-6,11-13H2,1-2H3. The first kappa shape index (κ1) is 15.8. The van der Waals surface area contributed by atoms with E-state index in [9.17, 15) is 9.90 Å². The van der Waals surface area contributed by atoms with Gasteiger partial charge in [0.2, 0.25) is 5.91 Å². The van der Waals surface area contributed by atoms with Gasteiger partial charge in [-0.15, -0.1) is 0 Å². The van der Waals surface area contributed by atoms with Crippen molar-refractivity contribution in [3.8, 4) is 5.75 Å². The van der Waals surface area contributed by atoms with Crippen LogP contribution in [0.3, 0.4) is 0 Å². The van der Waals surface area contributed by atoms with E-state index in [-0.39, 0.29) is 11.7 Å². The molecule has 1 amide bonds. The molecule has 1 aromatic carbocycles. The molecule has 0 spiro atoms. The third-order valence-electron chi connectivity index (χ3n) is 4.45. The van der Waals surface area contributed by atoms with Gasteiger partial charge in [-0.2, -0.15) is 0 Å². The third-order valence-corrected chi connectivity index (χ3v) is 4.45. The molecule has 0 aliphatic heterocycles. The lowest BCUT2D eigenvalue weighted by Crippen LogP contribution is -2.38. The third kappa shape index (κ3) is 4.74. The van der Waals surface area contributed by atoms with Crippen LogP contribution in [-0.4, -0.2) is 54.0 Å². The molecule has 2 rings (SSSR count). The van der Waals surface area contributed by atoms with Crippen molar-refractivity contribution in [1.82, 2.24) is 9.80 Å². The summed E-state index contributed by atoms with van der Waals surface area (Å²) in [6, 6.07) is 7.54. The van der Waals surface area contributed by atoms with Gasteiger partial charge in [0.1, 0.15) is 5.75 Å². The number of benzene rings is 1. The van der Waals surface area contributed by atoms with Crippen molar-refractivity contribution >= 4 is 5.91 Å². The van der Waals surface area contributed by atoms with E-state index in [1.165, 1.54) is 25.7 Å². The average molecular weight is 290 g/mol. The number of hydrogen-bond donors (Lipinski definition) is 1. The Morgan fingerprint density at radius 1 is 1.14 bits per heavy atom. The summed E-state index contributed by atoms with van der Waals surface area (Å²) in [7, 11) is 4.03. The number of hydrogen-bond acceptors (Lipinski definition) is 3. The van der Waals surface area contributed by atoms with Crippen molar-refractivity contribution in [3.05, 3.63) is 29.8 Å². The van der Waals surface area contributed by atoms with Gasteiger partial charge in [-0.3, -0.25) is 4.79 Å². The fourth-order valence-electron chi connectivity index (χ4n) is 2.88. The molecule has 0 aromatic heterocycles. The number of carbonyl (C=O) groups excluding carboxylic acids is 1. The van der Waals surface area contributed by atoms with Crippen molar-refractivity contribution < 1.29 is 9.90 Å². The summed E-state index contributed by atoms with van der Waals surface area (Å²) in [5.41, 5.74) is 0.939. The van der Waals surface area contributed by atoms with Crippen molar-refractivity contribution in [3.63, 3.8) is 0 Å². The van der Waals surface area contributed by atoms with Crippen LogP contribution in [0.2, 0.25) is 0 Å². The van der Waals surface area contributed by atoms with E-state index in [1.807, 2.05) is 7.05 Å². The van der Waals surface area contributed by atoms with Crippen LogP contribution in [-0.2, 0) is 11.2 Å². The Morgan fingerprint density at radius 2 is 1.76 bits per heavy atom. The molecular formula is C17H26N2O2. The smallest absolute Gasteiger partial charge is 0.226 e. The number of carbonyl (C=O) groups is 1. The van der Waals surface area contributed by atoms with Crippen LogP contribution in [0.15, 0.2) is 24.3 Å². The average Bonchev–Trinajstić information content (AvgIpc) is 3.01. The van der Waals surface area contributed by atoms with Gasteiger partial charge < -0.3 is 14.9 Å². The van der Waals surface area contributed by atoms with Crippen LogP contribution in [0.25, 0.3) is 0 Å². The Labute approximate surface area is 127 Å². The van der Waals surface area contributed by atoms with E-state index >= 15 is 0 Å². The second-order valence-electron chi connectivity index (χ2n) is 6.08. The molecule has 1 aromatic rings. The highest BCUT2D eigenvalue weighted by molar-refractivity contribution is 5.78. The second kappa shape index (κ2) is 7.46. The molecule has 1 N–H and O–H groups in total. The first-order valence-electron chi connectivity index (χ1n) is 7.78. The summed E-state index contributed by atoms with van der Waals surface area (Å²) in [4.78, 5) is 16.4. The molecule has 4 heteroatoms. The second-order valence-corrected chi connectivity index (χ2v) is 6.08. The van der Waals surface area contributed by atoms with E-state index in [2.05, 4.69) is 11.9 Å². The molecule has 0 radical (unpaired) electrons. The normalized spacial score (nSPS) is 15.6. The van der Waals surface area contributed by atoms with E-state index in [0.717, 1.165) is 18.7 Å². The van der Waals surface area contributed by atoms with Crippen LogP contribution < -0.4 is 0 Å². The first-order chi connectivity index (χ1) is 10.1. The molecule has 0 bridgehead atoms. The number of nitrogens with zero attached hydrogens (tertiary/aromatic N) is 2. The van der Waals surface area contributed by atoms with Crippen molar-refractivity contribution in [2.45, 2.75) is 38.1 Å². The van der Waals surface area contributed by atoms with Gasteiger partial charge in [-0.25, -0.2) is 0 Å². The lowest BCUT2D eigenvalue weighted by atomic mass is 10.1. The molecular weight excluding hydrogens is 264 g/mol. The summed E-state index contributed by atoms with van der Waals surface area (Å²) in [6.07, 6.45) is 5.66. The molecule has 116 valence electrons. The Hall–Kier alpha value is -1.55. The van der Waals surface area contributed by atoms with Gasteiger partial charge >= 0.3 is 0 Å². The largest absolute Gasteiger partial charge is 0.508 e. The van der Waals surface area contributed by atoms with E-state index in [0.29, 0.717) is 12.5 Å². The highest BCUT2D eigenvalue weighted by Crippen LogP contribution is 2.22. The maximum Gasteiger partial charge on any atom is 0.226 e. The van der Waals surface area contributed by atoms with Crippen LogP contribution in [0, 0.1) is 0 Å². The number of phenolic OH excluding ortho intramolecular Hbond substituents is 1. The topological polar surface area (TPSA) is 43.8 Å². The first-order valence-corrected chi connectivity index (χ1v) is 7.78. The van der Waals surface area contributed by atoms with E-state index in [4.69, 9.17) is 0 Å². The molecule has 0 atom stereocenters. The molecule has 4 nitrogen and oxygen atoms in total. The summed E-state index contributed by atoms with van der Waals surface area (Å²) in [5.74, 6) is 0.359. The Morgan fingerprint density at radius 3 is 2.38 bits per heavy atom. The van der Waals surface area contributed by atoms with Gasteiger partial charge in [-0.05, 0) is 37.6 Å². The van der Waals surface area contributed by atoms with Crippen molar-refractivity contribution in [1.29, 1.82) is 0 Å². The SMILES string of the molecule is CN(CCN(C)C1CCCC1)C(=O)Cc1ccc(O)cc1. The van der Waals surface area contributed by atoms with Gasteiger partial charge in [0, 0.05) is 26.2 Å². The maximum atomic E-state index is 12.2. The molecule has 1 saturated carbocycles. The Bertz CT molecular complexity index is 452. The summed E-state index contributed by atoms with van der Waals surface area (Å²) in [5, 5.41) is 9.25. The molecule has 0 heterocycles. The van der Waals surface area contributed by atoms with Gasteiger partial charge in [0.25, 0.3) is 0 Å². The minimum Gasteiger partial charge on any atom is -0.508 e. The summed E-state index contributed by atoms with van der Waals surface area (Å²) in [6.45, 7) is 1.70. The van der Waals surface area contributed by atoms with E-state index in [1.54, 1.807) is 29.2 Å². The maximum absolute atomic E-state index is 12.2. The van der Waals surface area contributed by atoms with Crippen molar-refractivity contribution in [2.24, 2.45) is 0 Å². The zero-order chi connectivity index (χ0) is 15.2. The predicted molar refractivity (Wildman–Crippen MR) is 84.3 cm³/mol. The monoisotopic (exact) mass is 290 g/mol. The quantitative estimate of drug-likeness (QED) is 0.874. The number of phenols is 1. The zero-order valence-corrected chi connectivity index (χ0v) is 13.1. The van der Waals surface area contributed by atoms with Gasteiger partial charge in [0.05, 0.1) is 6.42 Å². The predicted octanol–water partition coefficient (Wildman–Crippen LogP) is 2.27. The Balaban J connectivity index is 1.75. The number of rotatable bonds is 6. The minimum absolute atomic E-state index is 0.125. The zero-order valence-electron chi connectivity index (χ0n) is 13.1. The molecule has 1 aliphatic rings. The Kier molecular flexibility index (Phi) is 5.62. The molecule has 0 unspecified atom stereocenters. The van der Waals surface area contributed by atoms with Crippen molar-refractivity contribution in [2.75, 3.05) is 27.2 Å². The summed E-state index contributed by atoms with van der Waals surface area (Å²) >= 11 is 0. The summed E-state index contributed by atoms with van der Waals surface area (Å²) < 4.78 is 0. The minimum atomic E-state index is 0.125. The van der Waals surface area contributed by atoms with Crippen LogP contribution in [0.1, 0.15) is 31.2 Å². The van der Waals surface area contributed by atoms with E-state index < -0.39 is 0 Å². The number of likely N-dealkylation sites (N-methyl/N-ethyl adjacent to an activating group) is 2. The number of amides is 1.